The molecular formula is C92H94Cl4F12N16O8. The second-order valence-corrected chi connectivity index (χ2v) is 33.2. The fraction of sp³-hybridized carbons (Fsp3) is 0.348. The molecule has 13 rings (SSSR count). The van der Waals surface area contributed by atoms with E-state index in [0.717, 1.165) is 77.8 Å². The number of nitrogens with one attached hydrogen (secondary N) is 7. The Balaban J connectivity index is 0.000000183. The van der Waals surface area contributed by atoms with Crippen molar-refractivity contribution in [3.05, 3.63) is 256 Å². The van der Waals surface area contributed by atoms with Gasteiger partial charge < -0.3 is 62.6 Å². The van der Waals surface area contributed by atoms with E-state index in [9.17, 15) is 91.0 Å². The van der Waals surface area contributed by atoms with E-state index in [1.807, 2.05) is 31.2 Å². The van der Waals surface area contributed by atoms with E-state index in [2.05, 4.69) is 57.2 Å². The van der Waals surface area contributed by atoms with Crippen LogP contribution in [0.15, 0.2) is 146 Å². The lowest BCUT2D eigenvalue weighted by Gasteiger charge is -2.27. The SMILES string of the molecule is CCNC(=O)Cc1cnc(C2=CCN(C(=O)Nc3ccc(C(F)(F)F)c(C)c3)CC2)c(Cl)c1.CNC(=O)Cc1cnc(C2=CCN(C(=O)Nc3ccc(C(F)(F)F)c(C)c3)CC2)c(Cl)c1.Cc1cc(NC(=O)N2CC=C(c3ncc(CC(=O)NC4CCCC4)cc3Cl)CC2)ccc1C(F)(F)F.Cc1cc(NC(=O)N2CC=C(c3ncc(CC(N)=O)cc3Cl)CC2)ccc1C(F)(F)F. The molecule has 1 fully saturated rings. The summed E-state index contributed by atoms with van der Waals surface area (Å²) in [4.78, 5) is 121. The monoisotopic (exact) mass is 1920 g/mol. The third-order valence-electron chi connectivity index (χ3n) is 21.8. The molecule has 132 heavy (non-hydrogen) atoms. The second-order valence-electron chi connectivity index (χ2n) is 31.6. The number of nitrogens with two attached hydrogens (primary N) is 1. The number of halogens is 16. The van der Waals surface area contributed by atoms with Crippen LogP contribution in [-0.4, -0.2) is 159 Å². The highest BCUT2D eigenvalue weighted by atomic mass is 35.5. The number of primary amides is 1. The van der Waals surface area contributed by atoms with E-state index in [-0.39, 0.29) is 71.7 Å². The normalized spacial score (nSPS) is 14.8. The van der Waals surface area contributed by atoms with Crippen LogP contribution in [0.1, 0.15) is 148 Å². The molecule has 0 spiro atoms. The lowest BCUT2D eigenvalue weighted by atomic mass is 10.0. The number of hydrogen-bond donors (Lipinski definition) is 8. The first-order chi connectivity index (χ1) is 62.3. The highest BCUT2D eigenvalue weighted by Crippen LogP contribution is 2.40. The van der Waals surface area contributed by atoms with Gasteiger partial charge >= 0.3 is 48.8 Å². The number of carbonyl (C=O) groups excluding carboxylic acids is 8. The lowest BCUT2D eigenvalue weighted by Crippen LogP contribution is -2.38. The number of amides is 12. The molecular weight excluding hydrogens is 1830 g/mol. The predicted molar refractivity (Wildman–Crippen MR) is 482 cm³/mol. The molecule has 1 aliphatic carbocycles. The fourth-order valence-electron chi connectivity index (χ4n) is 15.0. The van der Waals surface area contributed by atoms with Crippen LogP contribution in [-0.2, 0) is 69.6 Å². The summed E-state index contributed by atoms with van der Waals surface area (Å²) in [5.41, 5.74) is 12.3. The molecule has 4 aromatic carbocycles. The van der Waals surface area contributed by atoms with Gasteiger partial charge in [-0.2, -0.15) is 52.7 Å². The number of alkyl halides is 12. The number of pyridine rings is 4. The van der Waals surface area contributed by atoms with Gasteiger partial charge in [-0.25, -0.2) is 19.2 Å². The Morgan fingerprint density at radius 2 is 0.644 bits per heavy atom. The maximum absolute atomic E-state index is 13.0. The van der Waals surface area contributed by atoms with Gasteiger partial charge in [0.15, 0.2) is 0 Å². The van der Waals surface area contributed by atoms with Crippen molar-refractivity contribution < 1.29 is 91.0 Å². The number of hydrogen-bond acceptors (Lipinski definition) is 12. The molecule has 12 amide bonds. The number of carbonyl (C=O) groups is 8. The molecule has 1 saturated carbocycles. The molecule has 9 N–H and O–H groups in total. The van der Waals surface area contributed by atoms with E-state index < -0.39 is 77.0 Å². The number of aromatic nitrogens is 4. The first-order valence-electron chi connectivity index (χ1n) is 41.7. The van der Waals surface area contributed by atoms with Crippen molar-refractivity contribution >= 4 is 139 Å². The number of aryl methyl sites for hydroxylation is 4. The zero-order valence-corrected chi connectivity index (χ0v) is 75.3. The standard InChI is InChI=1S/C26H28ClF3N4O2.C23H24ClF3N4O2.C22H22ClF3N4O2.C21H20ClF3N4O2/c1-16-12-20(6-7-21(16)26(28,29)30)33-25(36)34-10-8-18(9-11-34)24-22(27)13-17(15-31-24)14-23(35)32-19-4-2-3-5-19;1-3-28-20(32)12-15-11-19(24)21(29-13-15)16-6-8-31(9-7-16)22(33)30-17-4-5-18(14(2)10-17)23(25,26)27;1-13-9-16(3-4-17(13)22(24,25)26)29-21(32)30-7-5-15(6-8-30)20-18(23)10-14(12-28-20)11-19(31)27-2;1-12-8-15(2-3-16(12)21(23,24)25)28-20(31)29-6-4-14(5-7-29)19-17(22)9-13(11-27-19)10-18(26)30/h6-8,12-13,15,19H,2-5,9-11,14H2,1H3,(H,32,35)(H,33,36);4-6,10-11,13H,3,7-9,12H2,1-2H3,(H,28,32)(H,30,33);3-5,9-10,12H,6-8,11H2,1-2H3,(H,27,31)(H,29,32);2-4,8-9,11H,5-7,10H2,1H3,(H2,26,30)(H,28,31). The van der Waals surface area contributed by atoms with Crippen LogP contribution in [0, 0.1) is 27.7 Å². The van der Waals surface area contributed by atoms with Crippen LogP contribution in [0.4, 0.5) is 94.6 Å². The first kappa shape index (κ1) is 102. The molecule has 0 atom stereocenters. The lowest BCUT2D eigenvalue weighted by molar-refractivity contribution is -0.138. The predicted octanol–water partition coefficient (Wildman–Crippen LogP) is 20.1. The van der Waals surface area contributed by atoms with Crippen LogP contribution in [0.25, 0.3) is 22.3 Å². The van der Waals surface area contributed by atoms with Crippen LogP contribution in [0.5, 0.6) is 0 Å². The van der Waals surface area contributed by atoms with E-state index in [1.165, 1.54) is 81.1 Å². The Kier molecular flexibility index (Phi) is 34.9. The van der Waals surface area contributed by atoms with Gasteiger partial charge in [0.2, 0.25) is 23.6 Å². The van der Waals surface area contributed by atoms with Crippen molar-refractivity contribution in [2.45, 2.75) is 142 Å². The van der Waals surface area contributed by atoms with Crippen LogP contribution >= 0.6 is 46.4 Å². The minimum absolute atomic E-state index is 0.0331. The summed E-state index contributed by atoms with van der Waals surface area (Å²) in [6.07, 6.45) is 3.08. The summed E-state index contributed by atoms with van der Waals surface area (Å²) < 4.78 is 155. The minimum Gasteiger partial charge on any atom is -0.369 e. The highest BCUT2D eigenvalue weighted by molar-refractivity contribution is 6.33. The molecule has 5 aliphatic rings. The Bertz CT molecular complexity index is 5760. The average molecular weight is 1920 g/mol. The van der Waals surface area contributed by atoms with Gasteiger partial charge in [-0.05, 0) is 237 Å². The molecule has 0 bridgehead atoms. The van der Waals surface area contributed by atoms with Crippen LogP contribution in [0.2, 0.25) is 20.1 Å². The van der Waals surface area contributed by atoms with Crippen molar-refractivity contribution in [1.29, 1.82) is 0 Å². The number of urea groups is 4. The molecule has 8 aromatic rings. The van der Waals surface area contributed by atoms with Crippen LogP contribution in [0.3, 0.4) is 0 Å². The molecule has 0 radical (unpaired) electrons. The largest absolute Gasteiger partial charge is 0.416 e. The van der Waals surface area contributed by atoms with E-state index in [4.69, 9.17) is 52.1 Å². The number of nitrogens with zero attached hydrogens (tertiary/aromatic N) is 8. The summed E-state index contributed by atoms with van der Waals surface area (Å²) in [7, 11) is 1.55. The number of rotatable bonds is 18. The summed E-state index contributed by atoms with van der Waals surface area (Å²) >= 11 is 25.5. The smallest absolute Gasteiger partial charge is 0.369 e. The van der Waals surface area contributed by atoms with Crippen molar-refractivity contribution in [2.75, 3.05) is 87.2 Å². The van der Waals surface area contributed by atoms with Crippen molar-refractivity contribution in [3.63, 3.8) is 0 Å². The molecule has 8 heterocycles. The van der Waals surface area contributed by atoms with Gasteiger partial charge in [0.05, 0.1) is 90.8 Å². The average Bonchev–Trinajstić information content (AvgIpc) is 0.865. The quantitative estimate of drug-likeness (QED) is 0.0372. The maximum Gasteiger partial charge on any atom is 0.416 e. The summed E-state index contributed by atoms with van der Waals surface area (Å²) in [5.74, 6) is -0.760. The van der Waals surface area contributed by atoms with E-state index in [0.29, 0.717) is 167 Å². The molecule has 0 saturated heterocycles. The fourth-order valence-corrected chi connectivity index (χ4v) is 16.3. The second kappa shape index (κ2) is 45.2. The molecule has 702 valence electrons. The first-order valence-corrected chi connectivity index (χ1v) is 43.2. The highest BCUT2D eigenvalue weighted by Gasteiger charge is 2.37. The molecule has 4 aromatic heterocycles. The Morgan fingerprint density at radius 1 is 0.386 bits per heavy atom. The van der Waals surface area contributed by atoms with Crippen LogP contribution < -0.4 is 43.0 Å². The van der Waals surface area contributed by atoms with Gasteiger partial charge in [-0.15, -0.1) is 0 Å². The summed E-state index contributed by atoms with van der Waals surface area (Å²) in [6.45, 7) is 10.6. The topological polar surface area (TPSA) is 311 Å². The number of likely N-dealkylation sites (N-methyl/N-ethyl adjacent to an activating group) is 2. The summed E-state index contributed by atoms with van der Waals surface area (Å²) in [6, 6.07) is 19.5. The number of benzene rings is 4. The van der Waals surface area contributed by atoms with Gasteiger partial charge in [-0.1, -0.05) is 83.5 Å². The number of anilines is 4. The van der Waals surface area contributed by atoms with E-state index >= 15 is 0 Å². The molecule has 0 unspecified atom stereocenters. The Morgan fingerprint density at radius 3 is 0.864 bits per heavy atom. The molecule has 24 nitrogen and oxygen atoms in total. The van der Waals surface area contributed by atoms with Gasteiger partial charge in [0, 0.05) is 120 Å². The third-order valence-corrected chi connectivity index (χ3v) is 22.9. The van der Waals surface area contributed by atoms with E-state index in [1.54, 1.807) is 70.8 Å². The Hall–Kier alpha value is -12.3. The Labute approximate surface area is 772 Å². The van der Waals surface area contributed by atoms with Crippen molar-refractivity contribution in [1.82, 2.24) is 55.5 Å². The maximum atomic E-state index is 13.0. The molecule has 4 aliphatic heterocycles. The van der Waals surface area contributed by atoms with Crippen molar-refractivity contribution in [3.8, 4) is 0 Å². The molecule has 40 heteroatoms. The minimum atomic E-state index is -4.44. The zero-order valence-electron chi connectivity index (χ0n) is 72.3. The van der Waals surface area contributed by atoms with Gasteiger partial charge in [-0.3, -0.25) is 39.1 Å². The van der Waals surface area contributed by atoms with Gasteiger partial charge in [0.1, 0.15) is 0 Å². The third kappa shape index (κ3) is 28.9. The summed E-state index contributed by atoms with van der Waals surface area (Å²) in [5, 5.41) is 20.6. The van der Waals surface area contributed by atoms with Crippen molar-refractivity contribution in [2.24, 2.45) is 5.73 Å². The zero-order chi connectivity index (χ0) is 96.3. The van der Waals surface area contributed by atoms with Gasteiger partial charge in [0.25, 0.3) is 0 Å².